The number of hydrogen-bond donors (Lipinski definition) is 2. The summed E-state index contributed by atoms with van der Waals surface area (Å²) in [5.41, 5.74) is -0.830. The van der Waals surface area contributed by atoms with Crippen molar-refractivity contribution in [3.05, 3.63) is 0 Å². The molecule has 0 radical (unpaired) electrons. The second-order valence-electron chi connectivity index (χ2n) is 7.93. The highest BCUT2D eigenvalue weighted by atomic mass is 16.6. The quantitative estimate of drug-likeness (QED) is 0.283. The van der Waals surface area contributed by atoms with Gasteiger partial charge in [0.1, 0.15) is 0 Å². The minimum absolute atomic E-state index is 0.0370. The second kappa shape index (κ2) is 19.1. The maximum atomic E-state index is 10.3. The normalized spacial score (nSPS) is 13.2. The molecule has 0 aliphatic heterocycles. The molecular formula is C22H46O5. The zero-order valence-electron chi connectivity index (χ0n) is 18.2. The minimum atomic E-state index is -0.830. The van der Waals surface area contributed by atoms with E-state index < -0.39 is 5.60 Å². The number of rotatable bonds is 21. The van der Waals surface area contributed by atoms with Crippen molar-refractivity contribution in [2.24, 2.45) is 0 Å². The van der Waals surface area contributed by atoms with E-state index in [2.05, 4.69) is 6.92 Å². The van der Waals surface area contributed by atoms with Gasteiger partial charge in [0.05, 0.1) is 51.3 Å². The molecule has 0 aromatic carbocycles. The molecule has 0 amide bonds. The van der Waals surface area contributed by atoms with E-state index in [-0.39, 0.29) is 12.7 Å². The van der Waals surface area contributed by atoms with Crippen LogP contribution in [0.4, 0.5) is 0 Å². The molecule has 1 unspecified atom stereocenters. The smallest absolute Gasteiger partial charge is 0.0857 e. The minimum Gasteiger partial charge on any atom is -0.394 e. The third-order valence-electron chi connectivity index (χ3n) is 4.76. The summed E-state index contributed by atoms with van der Waals surface area (Å²) in [7, 11) is 0. The molecule has 2 N–H and O–H groups in total. The number of aliphatic hydroxyl groups is 2. The van der Waals surface area contributed by atoms with Gasteiger partial charge in [-0.2, -0.15) is 0 Å². The Morgan fingerprint density at radius 2 is 1.19 bits per heavy atom. The van der Waals surface area contributed by atoms with Gasteiger partial charge in [0.25, 0.3) is 0 Å². The molecule has 0 rings (SSSR count). The first-order chi connectivity index (χ1) is 13.0. The lowest BCUT2D eigenvalue weighted by Crippen LogP contribution is -2.39. The summed E-state index contributed by atoms with van der Waals surface area (Å²) < 4.78 is 16.4. The van der Waals surface area contributed by atoms with Crippen molar-refractivity contribution < 1.29 is 24.4 Å². The van der Waals surface area contributed by atoms with Crippen LogP contribution in [0, 0.1) is 0 Å². The molecule has 0 fully saturated rings. The number of hydrogen-bond acceptors (Lipinski definition) is 5. The summed E-state index contributed by atoms with van der Waals surface area (Å²) in [6, 6.07) is 0. The van der Waals surface area contributed by atoms with Gasteiger partial charge in [0, 0.05) is 0 Å². The van der Waals surface area contributed by atoms with Gasteiger partial charge in [-0.25, -0.2) is 0 Å². The Morgan fingerprint density at radius 1 is 0.704 bits per heavy atom. The molecule has 27 heavy (non-hydrogen) atoms. The summed E-state index contributed by atoms with van der Waals surface area (Å²) in [5, 5.41) is 18.9. The van der Waals surface area contributed by atoms with Crippen LogP contribution >= 0.6 is 0 Å². The zero-order chi connectivity index (χ0) is 20.2. The van der Waals surface area contributed by atoms with Crippen LogP contribution in [0.5, 0.6) is 0 Å². The Labute approximate surface area is 167 Å². The Kier molecular flexibility index (Phi) is 19.0. The van der Waals surface area contributed by atoms with Crippen LogP contribution in [0.25, 0.3) is 0 Å². The molecule has 5 heteroatoms. The second-order valence-corrected chi connectivity index (χ2v) is 7.93. The monoisotopic (exact) mass is 390 g/mol. The Bertz CT molecular complexity index is 291. The van der Waals surface area contributed by atoms with Gasteiger partial charge < -0.3 is 24.4 Å². The molecule has 0 aliphatic rings. The largest absolute Gasteiger partial charge is 0.394 e. The van der Waals surface area contributed by atoms with Crippen molar-refractivity contribution in [3.8, 4) is 0 Å². The summed E-state index contributed by atoms with van der Waals surface area (Å²) >= 11 is 0. The van der Waals surface area contributed by atoms with E-state index in [9.17, 15) is 5.11 Å². The average molecular weight is 391 g/mol. The third-order valence-corrected chi connectivity index (χ3v) is 4.76. The van der Waals surface area contributed by atoms with E-state index >= 15 is 0 Å². The highest BCUT2D eigenvalue weighted by Gasteiger charge is 2.26. The van der Waals surface area contributed by atoms with E-state index in [4.69, 9.17) is 19.3 Å². The van der Waals surface area contributed by atoms with Crippen LogP contribution < -0.4 is 0 Å². The number of aliphatic hydroxyl groups excluding tert-OH is 1. The summed E-state index contributed by atoms with van der Waals surface area (Å²) in [6.07, 6.45) is 13.9. The fourth-order valence-electron chi connectivity index (χ4n) is 3.09. The van der Waals surface area contributed by atoms with Crippen LogP contribution in [-0.4, -0.2) is 61.6 Å². The van der Waals surface area contributed by atoms with Gasteiger partial charge in [-0.3, -0.25) is 0 Å². The van der Waals surface area contributed by atoms with E-state index in [1.807, 2.05) is 13.8 Å². The molecule has 164 valence electrons. The van der Waals surface area contributed by atoms with Crippen molar-refractivity contribution >= 4 is 0 Å². The van der Waals surface area contributed by atoms with Crippen LogP contribution in [0.2, 0.25) is 0 Å². The topological polar surface area (TPSA) is 68.2 Å². The van der Waals surface area contributed by atoms with E-state index in [0.29, 0.717) is 33.0 Å². The van der Waals surface area contributed by atoms with Crippen molar-refractivity contribution in [2.45, 2.75) is 103 Å². The van der Waals surface area contributed by atoms with Crippen molar-refractivity contribution in [1.82, 2.24) is 0 Å². The first-order valence-electron chi connectivity index (χ1n) is 11.1. The predicted octanol–water partition coefficient (Wildman–Crippen LogP) is 4.48. The maximum absolute atomic E-state index is 10.3. The van der Waals surface area contributed by atoms with Gasteiger partial charge in [-0.15, -0.1) is 0 Å². The van der Waals surface area contributed by atoms with Crippen LogP contribution in [0.15, 0.2) is 0 Å². The summed E-state index contributed by atoms with van der Waals surface area (Å²) in [6.45, 7) is 8.22. The first-order valence-corrected chi connectivity index (χ1v) is 11.1. The van der Waals surface area contributed by atoms with E-state index in [1.165, 1.54) is 57.8 Å². The third kappa shape index (κ3) is 18.9. The standard InChI is InChI=1S/C22H46O5/c1-4-5-6-7-8-9-10-11-12-13-14-21(22(2,3)24)27-20-19-26-18-17-25-16-15-23/h21,23-24H,4-20H2,1-3H3. The van der Waals surface area contributed by atoms with Crippen LogP contribution in [-0.2, 0) is 14.2 Å². The molecule has 0 heterocycles. The van der Waals surface area contributed by atoms with Crippen LogP contribution in [0.3, 0.4) is 0 Å². The summed E-state index contributed by atoms with van der Waals surface area (Å²) in [4.78, 5) is 0. The average Bonchev–Trinajstić information content (AvgIpc) is 2.62. The van der Waals surface area contributed by atoms with Crippen molar-refractivity contribution in [3.63, 3.8) is 0 Å². The lowest BCUT2D eigenvalue weighted by molar-refractivity contribution is -0.104. The Balaban J connectivity index is 3.63. The van der Waals surface area contributed by atoms with E-state index in [1.54, 1.807) is 0 Å². The predicted molar refractivity (Wildman–Crippen MR) is 111 cm³/mol. The maximum Gasteiger partial charge on any atom is 0.0857 e. The van der Waals surface area contributed by atoms with Crippen molar-refractivity contribution in [1.29, 1.82) is 0 Å². The Hall–Kier alpha value is -0.200. The lowest BCUT2D eigenvalue weighted by atomic mass is 9.95. The molecule has 1 atom stereocenters. The number of ether oxygens (including phenoxy) is 3. The van der Waals surface area contributed by atoms with Gasteiger partial charge in [-0.05, 0) is 20.3 Å². The molecule has 5 nitrogen and oxygen atoms in total. The molecule has 0 bridgehead atoms. The number of unbranched alkanes of at least 4 members (excludes halogenated alkanes) is 9. The van der Waals surface area contributed by atoms with Gasteiger partial charge >= 0.3 is 0 Å². The van der Waals surface area contributed by atoms with Gasteiger partial charge in [-0.1, -0.05) is 71.1 Å². The molecular weight excluding hydrogens is 344 g/mol. The van der Waals surface area contributed by atoms with Gasteiger partial charge in [0.2, 0.25) is 0 Å². The van der Waals surface area contributed by atoms with Crippen molar-refractivity contribution in [2.75, 3.05) is 39.6 Å². The molecule has 0 saturated heterocycles. The highest BCUT2D eigenvalue weighted by Crippen LogP contribution is 2.20. The summed E-state index contributed by atoms with van der Waals surface area (Å²) in [5.74, 6) is 0. The van der Waals surface area contributed by atoms with Gasteiger partial charge in [0.15, 0.2) is 0 Å². The zero-order valence-corrected chi connectivity index (χ0v) is 18.2. The van der Waals surface area contributed by atoms with E-state index in [0.717, 1.165) is 12.8 Å². The fraction of sp³-hybridized carbons (Fsp3) is 1.00. The lowest BCUT2D eigenvalue weighted by Gasteiger charge is -2.29. The Morgan fingerprint density at radius 3 is 1.70 bits per heavy atom. The highest BCUT2D eigenvalue weighted by molar-refractivity contribution is 4.78. The van der Waals surface area contributed by atoms with Crippen LogP contribution in [0.1, 0.15) is 91.4 Å². The molecule has 0 saturated carbocycles. The molecule has 0 aromatic rings. The fourth-order valence-corrected chi connectivity index (χ4v) is 3.09. The SMILES string of the molecule is CCCCCCCCCCCCC(OCCOCCOCCO)C(C)(C)O. The molecule has 0 aliphatic carbocycles. The first kappa shape index (κ1) is 26.8. The molecule has 0 aromatic heterocycles. The molecule has 0 spiro atoms.